The van der Waals surface area contributed by atoms with E-state index in [0.717, 1.165) is 18.4 Å². The quantitative estimate of drug-likeness (QED) is 0.481. The van der Waals surface area contributed by atoms with Crippen LogP contribution in [-0.2, 0) is 0 Å². The highest BCUT2D eigenvalue weighted by Crippen LogP contribution is 2.26. The summed E-state index contributed by atoms with van der Waals surface area (Å²) in [5.41, 5.74) is 7.58. The van der Waals surface area contributed by atoms with Gasteiger partial charge in [0, 0.05) is 19.2 Å². The maximum atomic E-state index is 10.1. The maximum Gasteiger partial charge on any atom is 0.0915 e. The summed E-state index contributed by atoms with van der Waals surface area (Å²) in [6.45, 7) is 6.78. The molecule has 0 heterocycles. The van der Waals surface area contributed by atoms with Crippen molar-refractivity contribution in [2.45, 2.75) is 32.4 Å². The van der Waals surface area contributed by atoms with Crippen LogP contribution in [0.2, 0.25) is 0 Å². The largest absolute Gasteiger partial charge is 0.397 e. The van der Waals surface area contributed by atoms with Crippen molar-refractivity contribution in [2.24, 2.45) is 0 Å². The molecule has 0 saturated heterocycles. The molecule has 96 valence electrons. The summed E-state index contributed by atoms with van der Waals surface area (Å²) < 4.78 is 1.97. The lowest BCUT2D eigenvalue weighted by Crippen LogP contribution is -2.38. The first kappa shape index (κ1) is 15.5. The lowest BCUT2D eigenvalue weighted by atomic mass is 10.1. The van der Waals surface area contributed by atoms with Gasteiger partial charge in [0.2, 0.25) is 0 Å². The number of aliphatic hydroxyl groups excluding tert-OH is 1. The van der Waals surface area contributed by atoms with Gasteiger partial charge in [-0.1, -0.05) is 0 Å². The molecule has 1 aromatic rings. The van der Waals surface area contributed by atoms with E-state index in [1.807, 2.05) is 12.1 Å². The van der Waals surface area contributed by atoms with Crippen molar-refractivity contribution in [2.75, 3.05) is 12.3 Å². The van der Waals surface area contributed by atoms with Gasteiger partial charge < -0.3 is 16.2 Å². The van der Waals surface area contributed by atoms with E-state index in [-0.39, 0.29) is 5.54 Å². The molecule has 0 aromatic heterocycles. The second-order valence-electron chi connectivity index (χ2n) is 5.04. The molecule has 0 radical (unpaired) electrons. The Bertz CT molecular complexity index is 379. The highest BCUT2D eigenvalue weighted by atomic mass is 127. The third kappa shape index (κ3) is 4.88. The van der Waals surface area contributed by atoms with Gasteiger partial charge in [-0.05, 0) is 83.6 Å². The van der Waals surface area contributed by atoms with E-state index < -0.39 is 6.10 Å². The van der Waals surface area contributed by atoms with Crippen LogP contribution in [0, 0.1) is 7.14 Å². The average molecular weight is 460 g/mol. The average Bonchev–Trinajstić information content (AvgIpc) is 2.20. The summed E-state index contributed by atoms with van der Waals surface area (Å²) in [6.07, 6.45) is -0.503. The summed E-state index contributed by atoms with van der Waals surface area (Å²) >= 11 is 4.38. The molecule has 1 atom stereocenters. The third-order valence-corrected chi connectivity index (χ3v) is 4.10. The van der Waals surface area contributed by atoms with Crippen molar-refractivity contribution in [3.05, 3.63) is 24.8 Å². The Hall–Kier alpha value is 0.400. The molecule has 0 fully saturated rings. The molecule has 1 unspecified atom stereocenters. The van der Waals surface area contributed by atoms with Crippen LogP contribution in [0.4, 0.5) is 5.69 Å². The Morgan fingerprint density at radius 1 is 1.29 bits per heavy atom. The molecule has 17 heavy (non-hydrogen) atoms. The lowest BCUT2D eigenvalue weighted by molar-refractivity contribution is 0.163. The van der Waals surface area contributed by atoms with E-state index in [2.05, 4.69) is 71.3 Å². The molecular formula is C12H18I2N2O. The van der Waals surface area contributed by atoms with Gasteiger partial charge in [0.15, 0.2) is 0 Å². The molecule has 0 spiro atoms. The van der Waals surface area contributed by atoms with Gasteiger partial charge >= 0.3 is 0 Å². The zero-order chi connectivity index (χ0) is 13.2. The first-order valence-electron chi connectivity index (χ1n) is 5.38. The summed E-state index contributed by atoms with van der Waals surface area (Å²) in [5, 5.41) is 13.4. The van der Waals surface area contributed by atoms with Crippen molar-refractivity contribution in [1.82, 2.24) is 5.32 Å². The number of β-amino-alcohol motifs (C(OH)–C–C–N with tert-alkyl or cyclic N) is 1. The fraction of sp³-hybridized carbons (Fsp3) is 0.500. The monoisotopic (exact) mass is 460 g/mol. The summed E-state index contributed by atoms with van der Waals surface area (Å²) in [5.74, 6) is 0. The zero-order valence-corrected chi connectivity index (χ0v) is 14.5. The van der Waals surface area contributed by atoms with Crippen LogP contribution in [0.3, 0.4) is 0 Å². The van der Waals surface area contributed by atoms with Crippen LogP contribution >= 0.6 is 45.2 Å². The minimum absolute atomic E-state index is 0.00903. The summed E-state index contributed by atoms with van der Waals surface area (Å²) in [6, 6.07) is 3.88. The van der Waals surface area contributed by atoms with Gasteiger partial charge in [0.05, 0.1) is 11.8 Å². The molecular weight excluding hydrogens is 442 g/mol. The Morgan fingerprint density at radius 3 is 2.18 bits per heavy atom. The van der Waals surface area contributed by atoms with Crippen molar-refractivity contribution in [3.8, 4) is 0 Å². The van der Waals surface area contributed by atoms with E-state index in [9.17, 15) is 5.11 Å². The van der Waals surface area contributed by atoms with E-state index in [4.69, 9.17) is 5.73 Å². The van der Waals surface area contributed by atoms with E-state index in [0.29, 0.717) is 6.54 Å². The van der Waals surface area contributed by atoms with Gasteiger partial charge in [-0.2, -0.15) is 0 Å². The molecule has 0 saturated carbocycles. The van der Waals surface area contributed by atoms with Crippen LogP contribution in [0.5, 0.6) is 0 Å². The van der Waals surface area contributed by atoms with Gasteiger partial charge in [0.1, 0.15) is 0 Å². The first-order valence-corrected chi connectivity index (χ1v) is 7.54. The molecule has 1 rings (SSSR count). The van der Waals surface area contributed by atoms with E-state index >= 15 is 0 Å². The standard InChI is InChI=1S/C12H18I2N2O/c1-12(2,3)16-6-10(17)7-4-8(13)11(15)9(14)5-7/h4-5,10,16-17H,6,15H2,1-3H3. The van der Waals surface area contributed by atoms with Crippen molar-refractivity contribution in [1.29, 1.82) is 0 Å². The smallest absolute Gasteiger partial charge is 0.0915 e. The second kappa shape index (κ2) is 6.03. The molecule has 0 aliphatic heterocycles. The summed E-state index contributed by atoms with van der Waals surface area (Å²) in [7, 11) is 0. The minimum Gasteiger partial charge on any atom is -0.397 e. The van der Waals surface area contributed by atoms with E-state index in [1.165, 1.54) is 0 Å². The van der Waals surface area contributed by atoms with Gasteiger partial charge in [-0.15, -0.1) is 0 Å². The first-order chi connectivity index (χ1) is 7.70. The number of rotatable bonds is 3. The SMILES string of the molecule is CC(C)(C)NCC(O)c1cc(I)c(N)c(I)c1. The number of benzene rings is 1. The Balaban J connectivity index is 2.79. The maximum absolute atomic E-state index is 10.1. The topological polar surface area (TPSA) is 58.3 Å². The molecule has 1 aromatic carbocycles. The van der Waals surface area contributed by atoms with Crippen LogP contribution < -0.4 is 11.1 Å². The number of nitrogens with one attached hydrogen (secondary N) is 1. The normalized spacial score (nSPS) is 13.8. The number of nitrogens with two attached hydrogens (primary N) is 1. The second-order valence-corrected chi connectivity index (χ2v) is 7.37. The highest BCUT2D eigenvalue weighted by Gasteiger charge is 2.15. The molecule has 0 amide bonds. The molecule has 0 bridgehead atoms. The van der Waals surface area contributed by atoms with Crippen LogP contribution in [0.25, 0.3) is 0 Å². The van der Waals surface area contributed by atoms with E-state index in [1.54, 1.807) is 0 Å². The zero-order valence-electron chi connectivity index (χ0n) is 10.2. The number of aliphatic hydroxyl groups is 1. The van der Waals surface area contributed by atoms with Gasteiger partial charge in [-0.3, -0.25) is 0 Å². The molecule has 4 N–H and O–H groups in total. The minimum atomic E-state index is -0.503. The number of anilines is 1. The van der Waals surface area contributed by atoms with Gasteiger partial charge in [-0.25, -0.2) is 0 Å². The van der Waals surface area contributed by atoms with Gasteiger partial charge in [0.25, 0.3) is 0 Å². The predicted molar refractivity (Wildman–Crippen MR) is 89.0 cm³/mol. The van der Waals surface area contributed by atoms with Crippen molar-refractivity contribution < 1.29 is 5.11 Å². The fourth-order valence-corrected chi connectivity index (χ4v) is 3.13. The van der Waals surface area contributed by atoms with Crippen molar-refractivity contribution >= 4 is 50.9 Å². The predicted octanol–water partition coefficient (Wildman–Crippen LogP) is 2.90. The Kier molecular flexibility index (Phi) is 5.48. The Labute approximate surface area is 130 Å². The number of nitrogen functional groups attached to an aromatic ring is 1. The number of hydrogen-bond acceptors (Lipinski definition) is 3. The van der Waals surface area contributed by atoms with Crippen molar-refractivity contribution in [3.63, 3.8) is 0 Å². The summed E-state index contributed by atoms with van der Waals surface area (Å²) in [4.78, 5) is 0. The number of hydrogen-bond donors (Lipinski definition) is 3. The molecule has 3 nitrogen and oxygen atoms in total. The number of halogens is 2. The third-order valence-electron chi connectivity index (χ3n) is 2.31. The Morgan fingerprint density at radius 2 is 1.76 bits per heavy atom. The molecule has 5 heteroatoms. The molecule has 0 aliphatic rings. The lowest BCUT2D eigenvalue weighted by Gasteiger charge is -2.23. The highest BCUT2D eigenvalue weighted by molar-refractivity contribution is 14.1. The van der Waals surface area contributed by atoms with Crippen LogP contribution in [-0.4, -0.2) is 17.2 Å². The fourth-order valence-electron chi connectivity index (χ4n) is 1.32. The van der Waals surface area contributed by atoms with Crippen LogP contribution in [0.1, 0.15) is 32.4 Å². The molecule has 0 aliphatic carbocycles. The van der Waals surface area contributed by atoms with Crippen LogP contribution in [0.15, 0.2) is 12.1 Å².